The smallest absolute Gasteiger partial charge is 0.318 e. The highest BCUT2D eigenvalue weighted by Crippen LogP contribution is 2.23. The first-order valence-electron chi connectivity index (χ1n) is 9.40. The second kappa shape index (κ2) is 8.16. The van der Waals surface area contributed by atoms with Gasteiger partial charge in [-0.1, -0.05) is 48.5 Å². The number of nitrogens with zero attached hydrogens (tertiary/aromatic N) is 2. The molecule has 1 saturated heterocycles. The minimum absolute atomic E-state index is 0.0129. The van der Waals surface area contributed by atoms with Crippen molar-refractivity contribution in [2.45, 2.75) is 6.54 Å². The molecule has 6 heteroatoms. The summed E-state index contributed by atoms with van der Waals surface area (Å²) in [5, 5.41) is 10.9. The standard InChI is InChI=1S/C23H21N3O3/c27-22(24-29)12-8-17-6-10-21(11-7-17)26-14-13-25(23(26)28)16-18-5-9-19-3-1-2-4-20(19)15-18/h1-12,15,29H,13-14,16H2,(H,24,27)/b12-8+. The molecule has 0 atom stereocenters. The van der Waals surface area contributed by atoms with Crippen molar-refractivity contribution in [3.63, 3.8) is 0 Å². The van der Waals surface area contributed by atoms with Crippen LogP contribution in [0.5, 0.6) is 0 Å². The molecule has 0 saturated carbocycles. The largest absolute Gasteiger partial charge is 0.324 e. The van der Waals surface area contributed by atoms with E-state index in [-0.39, 0.29) is 6.03 Å². The van der Waals surface area contributed by atoms with Gasteiger partial charge in [0.05, 0.1) is 0 Å². The molecular formula is C23H21N3O3. The molecule has 0 spiro atoms. The minimum Gasteiger partial charge on any atom is -0.318 e. The lowest BCUT2D eigenvalue weighted by molar-refractivity contribution is -0.124. The molecule has 0 bridgehead atoms. The molecule has 1 fully saturated rings. The molecule has 3 aromatic rings. The van der Waals surface area contributed by atoms with Crippen molar-refractivity contribution in [2.24, 2.45) is 0 Å². The van der Waals surface area contributed by atoms with E-state index < -0.39 is 5.91 Å². The van der Waals surface area contributed by atoms with Gasteiger partial charge in [-0.15, -0.1) is 0 Å². The number of hydrogen-bond acceptors (Lipinski definition) is 3. The van der Waals surface area contributed by atoms with Crippen molar-refractivity contribution in [1.82, 2.24) is 10.4 Å². The normalized spacial score (nSPS) is 14.2. The zero-order chi connectivity index (χ0) is 20.2. The van der Waals surface area contributed by atoms with Crippen LogP contribution in [0.3, 0.4) is 0 Å². The van der Waals surface area contributed by atoms with Crippen LogP contribution in [-0.2, 0) is 11.3 Å². The highest BCUT2D eigenvalue weighted by atomic mass is 16.5. The first kappa shape index (κ1) is 18.7. The van der Waals surface area contributed by atoms with Crippen LogP contribution in [0.4, 0.5) is 10.5 Å². The number of amides is 3. The Balaban J connectivity index is 1.44. The van der Waals surface area contributed by atoms with Crippen LogP contribution in [-0.4, -0.2) is 35.1 Å². The highest BCUT2D eigenvalue weighted by molar-refractivity contribution is 5.94. The number of fused-ring (bicyclic) bond motifs is 1. The maximum atomic E-state index is 12.9. The lowest BCUT2D eigenvalue weighted by Crippen LogP contribution is -2.31. The van der Waals surface area contributed by atoms with E-state index in [9.17, 15) is 9.59 Å². The number of rotatable bonds is 5. The molecule has 29 heavy (non-hydrogen) atoms. The third-order valence-corrected chi connectivity index (χ3v) is 5.02. The van der Waals surface area contributed by atoms with E-state index in [1.807, 2.05) is 41.3 Å². The summed E-state index contributed by atoms with van der Waals surface area (Å²) >= 11 is 0. The van der Waals surface area contributed by atoms with Crippen LogP contribution >= 0.6 is 0 Å². The molecule has 0 aliphatic carbocycles. The summed E-state index contributed by atoms with van der Waals surface area (Å²) < 4.78 is 0. The summed E-state index contributed by atoms with van der Waals surface area (Å²) in [7, 11) is 0. The van der Waals surface area contributed by atoms with Gasteiger partial charge in [0.1, 0.15) is 0 Å². The van der Waals surface area contributed by atoms with Gasteiger partial charge in [-0.05, 0) is 46.2 Å². The van der Waals surface area contributed by atoms with Gasteiger partial charge < -0.3 is 4.90 Å². The van der Waals surface area contributed by atoms with E-state index in [4.69, 9.17) is 5.21 Å². The number of carbonyl (C=O) groups excluding carboxylic acids is 2. The van der Waals surface area contributed by atoms with Crippen LogP contribution < -0.4 is 10.4 Å². The van der Waals surface area contributed by atoms with Crippen molar-refractivity contribution >= 4 is 34.5 Å². The van der Waals surface area contributed by atoms with E-state index in [0.29, 0.717) is 19.6 Å². The first-order chi connectivity index (χ1) is 14.1. The summed E-state index contributed by atoms with van der Waals surface area (Å²) in [4.78, 5) is 27.5. The van der Waals surface area contributed by atoms with Crippen molar-refractivity contribution in [2.75, 3.05) is 18.0 Å². The molecule has 1 heterocycles. The fraction of sp³-hybridized carbons (Fsp3) is 0.130. The van der Waals surface area contributed by atoms with E-state index in [1.165, 1.54) is 16.8 Å². The van der Waals surface area contributed by atoms with Gasteiger partial charge in [0.15, 0.2) is 0 Å². The topological polar surface area (TPSA) is 72.9 Å². The molecule has 2 N–H and O–H groups in total. The Bertz CT molecular complexity index is 1080. The quantitative estimate of drug-likeness (QED) is 0.397. The Morgan fingerprint density at radius 3 is 2.52 bits per heavy atom. The molecule has 146 valence electrons. The zero-order valence-corrected chi connectivity index (χ0v) is 15.8. The number of hydroxylamine groups is 1. The predicted molar refractivity (Wildman–Crippen MR) is 113 cm³/mol. The molecule has 0 radical (unpaired) electrons. The van der Waals surface area contributed by atoms with Gasteiger partial charge in [-0.2, -0.15) is 0 Å². The average Bonchev–Trinajstić information content (AvgIpc) is 3.12. The third kappa shape index (κ3) is 4.12. The highest BCUT2D eigenvalue weighted by Gasteiger charge is 2.29. The minimum atomic E-state index is -0.590. The van der Waals surface area contributed by atoms with E-state index in [0.717, 1.165) is 16.8 Å². The van der Waals surface area contributed by atoms with Gasteiger partial charge in [0.2, 0.25) is 0 Å². The number of carbonyl (C=O) groups is 2. The number of hydrogen-bond donors (Lipinski definition) is 2. The van der Waals surface area contributed by atoms with Crippen molar-refractivity contribution in [3.05, 3.63) is 83.9 Å². The van der Waals surface area contributed by atoms with Crippen LogP contribution in [0.25, 0.3) is 16.8 Å². The summed E-state index contributed by atoms with van der Waals surface area (Å²) in [6.45, 7) is 1.88. The molecule has 4 rings (SSSR count). The van der Waals surface area contributed by atoms with Gasteiger partial charge in [0, 0.05) is 31.4 Å². The second-order valence-electron chi connectivity index (χ2n) is 6.94. The monoisotopic (exact) mass is 387 g/mol. The van der Waals surface area contributed by atoms with Crippen LogP contribution in [0.1, 0.15) is 11.1 Å². The lowest BCUT2D eigenvalue weighted by atomic mass is 10.1. The predicted octanol–water partition coefficient (Wildman–Crippen LogP) is 3.80. The number of urea groups is 1. The van der Waals surface area contributed by atoms with E-state index >= 15 is 0 Å². The van der Waals surface area contributed by atoms with Crippen LogP contribution in [0.2, 0.25) is 0 Å². The Morgan fingerprint density at radius 1 is 1.00 bits per heavy atom. The van der Waals surface area contributed by atoms with Crippen molar-refractivity contribution < 1.29 is 14.8 Å². The molecule has 6 nitrogen and oxygen atoms in total. The fourth-order valence-electron chi connectivity index (χ4n) is 3.50. The number of nitrogens with one attached hydrogen (secondary N) is 1. The van der Waals surface area contributed by atoms with Crippen LogP contribution in [0, 0.1) is 0 Å². The lowest BCUT2D eigenvalue weighted by Gasteiger charge is -2.19. The van der Waals surface area contributed by atoms with Crippen LogP contribution in [0.15, 0.2) is 72.8 Å². The molecule has 3 aromatic carbocycles. The summed E-state index contributed by atoms with van der Waals surface area (Å²) in [5.41, 5.74) is 4.28. The zero-order valence-electron chi connectivity index (χ0n) is 15.8. The Kier molecular flexibility index (Phi) is 5.27. The molecular weight excluding hydrogens is 366 g/mol. The molecule has 3 amide bonds. The van der Waals surface area contributed by atoms with Gasteiger partial charge in [-0.3, -0.25) is 14.9 Å². The van der Waals surface area contributed by atoms with Gasteiger partial charge in [-0.25, -0.2) is 10.3 Å². The molecule has 0 unspecified atom stereocenters. The SMILES string of the molecule is O=C(/C=C/c1ccc(N2CCN(Cc3ccc4ccccc4c3)C2=O)cc1)NO. The van der Waals surface area contributed by atoms with Crippen molar-refractivity contribution in [3.8, 4) is 0 Å². The summed E-state index contributed by atoms with van der Waals surface area (Å²) in [6.07, 6.45) is 2.83. The maximum Gasteiger partial charge on any atom is 0.324 e. The number of benzene rings is 3. The summed E-state index contributed by atoms with van der Waals surface area (Å²) in [6, 6.07) is 21.8. The first-order valence-corrected chi connectivity index (χ1v) is 9.40. The Hall–Kier alpha value is -3.64. The third-order valence-electron chi connectivity index (χ3n) is 5.02. The van der Waals surface area contributed by atoms with Crippen molar-refractivity contribution in [1.29, 1.82) is 0 Å². The fourth-order valence-corrected chi connectivity index (χ4v) is 3.50. The van der Waals surface area contributed by atoms with E-state index in [1.54, 1.807) is 16.5 Å². The molecule has 0 aromatic heterocycles. The van der Waals surface area contributed by atoms with Gasteiger partial charge in [0.25, 0.3) is 5.91 Å². The summed E-state index contributed by atoms with van der Waals surface area (Å²) in [5.74, 6) is -0.590. The maximum absolute atomic E-state index is 12.9. The van der Waals surface area contributed by atoms with Gasteiger partial charge >= 0.3 is 6.03 Å². The average molecular weight is 387 g/mol. The molecule has 1 aliphatic rings. The Labute approximate surface area is 168 Å². The second-order valence-corrected chi connectivity index (χ2v) is 6.94. The van der Waals surface area contributed by atoms with E-state index in [2.05, 4.69) is 30.3 Å². The number of anilines is 1. The Morgan fingerprint density at radius 2 is 1.76 bits per heavy atom. The molecule has 1 aliphatic heterocycles.